The van der Waals surface area contributed by atoms with Gasteiger partial charge in [-0.05, 0) is 19.1 Å². The van der Waals surface area contributed by atoms with Crippen LogP contribution in [-0.4, -0.2) is 22.7 Å². The third kappa shape index (κ3) is 2.50. The zero-order chi connectivity index (χ0) is 11.4. The van der Waals surface area contributed by atoms with Crippen LogP contribution in [0.3, 0.4) is 0 Å². The van der Waals surface area contributed by atoms with Gasteiger partial charge in [0.2, 0.25) is 0 Å². The van der Waals surface area contributed by atoms with Crippen LogP contribution in [0.4, 0.5) is 0 Å². The molecule has 0 fully saturated rings. The number of aliphatic hydroxyl groups is 1. The summed E-state index contributed by atoms with van der Waals surface area (Å²) in [6.07, 6.45) is 4.05. The Hall–Kier alpha value is -1.95. The summed E-state index contributed by atoms with van der Waals surface area (Å²) < 4.78 is 4.71. The maximum Gasteiger partial charge on any atom is 0.356 e. The van der Waals surface area contributed by atoms with Crippen molar-refractivity contribution in [3.63, 3.8) is 0 Å². The Kier molecular flexibility index (Phi) is 3.35. The van der Waals surface area contributed by atoms with Crippen LogP contribution in [0.2, 0.25) is 0 Å². The Morgan fingerprint density at radius 2 is 2.27 bits per heavy atom. The van der Waals surface area contributed by atoms with Gasteiger partial charge >= 0.3 is 5.97 Å². The van der Waals surface area contributed by atoms with E-state index in [4.69, 9.17) is 21.4 Å². The smallest absolute Gasteiger partial charge is 0.356 e. The molecule has 0 spiro atoms. The molecule has 0 radical (unpaired) electrons. The molecular formula is C9H13N3O3. The van der Waals surface area contributed by atoms with Crippen molar-refractivity contribution in [1.29, 1.82) is 0 Å². The van der Waals surface area contributed by atoms with Gasteiger partial charge in [0, 0.05) is 0 Å². The second-order valence-electron chi connectivity index (χ2n) is 2.81. The van der Waals surface area contributed by atoms with Crippen molar-refractivity contribution >= 4 is 5.97 Å². The first-order valence-corrected chi connectivity index (χ1v) is 4.36. The zero-order valence-corrected chi connectivity index (χ0v) is 8.30. The Morgan fingerprint density at radius 3 is 2.80 bits per heavy atom. The minimum absolute atomic E-state index is 0.0158. The maximum atomic E-state index is 11.3. The molecule has 6 heteroatoms. The van der Waals surface area contributed by atoms with Crippen molar-refractivity contribution < 1.29 is 14.6 Å². The van der Waals surface area contributed by atoms with Crippen molar-refractivity contribution in [2.45, 2.75) is 6.92 Å². The minimum atomic E-state index is -0.637. The summed E-state index contributed by atoms with van der Waals surface area (Å²) in [7, 11) is 0. The van der Waals surface area contributed by atoms with E-state index in [1.54, 1.807) is 6.92 Å². The third-order valence-electron chi connectivity index (χ3n) is 1.73. The van der Waals surface area contributed by atoms with E-state index in [2.05, 4.69) is 0 Å². The topological polar surface area (TPSA) is 102 Å². The number of carbonyl (C=O) groups is 1. The zero-order valence-electron chi connectivity index (χ0n) is 8.30. The SMILES string of the molecule is CCOC(=O)C(N)=C1C=CC(O)=CN1N. The van der Waals surface area contributed by atoms with E-state index in [0.29, 0.717) is 0 Å². The molecule has 0 unspecified atom stereocenters. The van der Waals surface area contributed by atoms with E-state index in [1.165, 1.54) is 18.4 Å². The van der Waals surface area contributed by atoms with Gasteiger partial charge in [0.25, 0.3) is 0 Å². The number of rotatable bonds is 2. The molecule has 0 saturated carbocycles. The van der Waals surface area contributed by atoms with Gasteiger partial charge in [-0.25, -0.2) is 10.6 Å². The lowest BCUT2D eigenvalue weighted by molar-refractivity contribution is -0.138. The van der Waals surface area contributed by atoms with Gasteiger partial charge in [0.15, 0.2) is 0 Å². The fourth-order valence-electron chi connectivity index (χ4n) is 1.05. The molecule has 5 N–H and O–H groups in total. The number of hydrogen-bond acceptors (Lipinski definition) is 6. The molecule has 82 valence electrons. The predicted molar refractivity (Wildman–Crippen MR) is 53.7 cm³/mol. The lowest BCUT2D eigenvalue weighted by Gasteiger charge is -2.19. The molecular weight excluding hydrogens is 198 g/mol. The van der Waals surface area contributed by atoms with E-state index in [0.717, 1.165) is 5.01 Å². The van der Waals surface area contributed by atoms with Crippen molar-refractivity contribution in [2.75, 3.05) is 6.61 Å². The van der Waals surface area contributed by atoms with Crippen LogP contribution in [0.5, 0.6) is 0 Å². The lowest BCUT2D eigenvalue weighted by atomic mass is 10.2. The number of nitrogens with zero attached hydrogens (tertiary/aromatic N) is 1. The first-order chi connectivity index (χ1) is 7.06. The molecule has 1 aliphatic heterocycles. The third-order valence-corrected chi connectivity index (χ3v) is 1.73. The van der Waals surface area contributed by atoms with Gasteiger partial charge in [0.05, 0.1) is 18.5 Å². The molecule has 1 heterocycles. The normalized spacial score (nSPS) is 18.5. The number of allylic oxidation sites excluding steroid dienone is 2. The van der Waals surface area contributed by atoms with Gasteiger partial charge in [-0.15, -0.1) is 0 Å². The highest BCUT2D eigenvalue weighted by Gasteiger charge is 2.16. The number of aliphatic hydroxyl groups excluding tert-OH is 1. The summed E-state index contributed by atoms with van der Waals surface area (Å²) in [5, 5.41) is 10.2. The van der Waals surface area contributed by atoms with Gasteiger partial charge in [0.1, 0.15) is 11.5 Å². The second kappa shape index (κ2) is 4.52. The van der Waals surface area contributed by atoms with Crippen molar-refractivity contribution in [3.05, 3.63) is 35.5 Å². The molecule has 0 bridgehead atoms. The van der Waals surface area contributed by atoms with Gasteiger partial charge in [-0.3, -0.25) is 5.01 Å². The molecule has 15 heavy (non-hydrogen) atoms. The molecule has 1 rings (SSSR count). The van der Waals surface area contributed by atoms with Crippen molar-refractivity contribution in [1.82, 2.24) is 5.01 Å². The maximum absolute atomic E-state index is 11.3. The van der Waals surface area contributed by atoms with Gasteiger partial charge < -0.3 is 15.6 Å². The highest BCUT2D eigenvalue weighted by atomic mass is 16.5. The molecule has 0 aromatic carbocycles. The highest BCUT2D eigenvalue weighted by Crippen LogP contribution is 2.14. The first kappa shape index (κ1) is 11.1. The largest absolute Gasteiger partial charge is 0.506 e. The van der Waals surface area contributed by atoms with Crippen molar-refractivity contribution in [3.8, 4) is 0 Å². The van der Waals surface area contributed by atoms with E-state index >= 15 is 0 Å². The molecule has 0 aliphatic carbocycles. The van der Waals surface area contributed by atoms with Crippen LogP contribution in [0.1, 0.15) is 6.92 Å². The summed E-state index contributed by atoms with van der Waals surface area (Å²) in [5.74, 6) is 4.85. The average Bonchev–Trinajstić information content (AvgIpc) is 2.17. The Bertz CT molecular complexity index is 358. The Balaban J connectivity index is 2.92. The number of nitrogens with two attached hydrogens (primary N) is 2. The van der Waals surface area contributed by atoms with Crippen molar-refractivity contribution in [2.24, 2.45) is 11.6 Å². The molecule has 0 aromatic heterocycles. The molecule has 0 saturated heterocycles. The number of hydrazine groups is 1. The highest BCUT2D eigenvalue weighted by molar-refractivity contribution is 5.88. The summed E-state index contributed by atoms with van der Waals surface area (Å²) in [6.45, 7) is 1.92. The van der Waals surface area contributed by atoms with Crippen LogP contribution in [0.15, 0.2) is 35.5 Å². The average molecular weight is 211 g/mol. The summed E-state index contributed by atoms with van der Waals surface area (Å²) in [6, 6.07) is 0. The molecule has 0 aromatic rings. The molecule has 1 aliphatic rings. The Morgan fingerprint density at radius 1 is 1.60 bits per heavy atom. The fourth-order valence-corrected chi connectivity index (χ4v) is 1.05. The summed E-state index contributed by atoms with van der Waals surface area (Å²) in [4.78, 5) is 11.3. The molecule has 0 atom stereocenters. The lowest BCUT2D eigenvalue weighted by Crippen LogP contribution is -2.31. The van der Waals surface area contributed by atoms with E-state index in [1.807, 2.05) is 0 Å². The molecule has 0 amide bonds. The molecule has 6 nitrogen and oxygen atoms in total. The predicted octanol–water partition coefficient (Wildman–Crippen LogP) is -0.135. The number of esters is 1. The van der Waals surface area contributed by atoms with Crippen LogP contribution in [-0.2, 0) is 9.53 Å². The first-order valence-electron chi connectivity index (χ1n) is 4.36. The van der Waals surface area contributed by atoms with Crippen LogP contribution in [0.25, 0.3) is 0 Å². The fraction of sp³-hybridized carbons (Fsp3) is 0.222. The van der Waals surface area contributed by atoms with Gasteiger partial charge in [-0.2, -0.15) is 0 Å². The minimum Gasteiger partial charge on any atom is -0.506 e. The van der Waals surface area contributed by atoms with Crippen LogP contribution < -0.4 is 11.6 Å². The van der Waals surface area contributed by atoms with Gasteiger partial charge in [-0.1, -0.05) is 0 Å². The summed E-state index contributed by atoms with van der Waals surface area (Å²) >= 11 is 0. The number of carbonyl (C=O) groups excluding carboxylic acids is 1. The monoisotopic (exact) mass is 211 g/mol. The number of hydrogen-bond donors (Lipinski definition) is 3. The van der Waals surface area contributed by atoms with E-state index in [-0.39, 0.29) is 23.8 Å². The van der Waals surface area contributed by atoms with E-state index < -0.39 is 5.97 Å². The van der Waals surface area contributed by atoms with E-state index in [9.17, 15) is 4.79 Å². The quantitative estimate of drug-likeness (QED) is 0.334. The second-order valence-corrected chi connectivity index (χ2v) is 2.81. The standard InChI is InChI=1S/C9H13N3O3/c1-2-15-9(14)8(10)7-4-3-6(13)5-12(7)11/h3-5,13H,2,10-11H2,1H3. The Labute approximate surface area is 87.1 Å². The van der Waals surface area contributed by atoms with Crippen LogP contribution in [0, 0.1) is 0 Å². The van der Waals surface area contributed by atoms with Crippen LogP contribution >= 0.6 is 0 Å². The summed E-state index contributed by atoms with van der Waals surface area (Å²) in [5.41, 5.74) is 5.72. The number of ether oxygens (including phenoxy) is 1.